The predicted octanol–water partition coefficient (Wildman–Crippen LogP) is 1.95. The summed E-state index contributed by atoms with van der Waals surface area (Å²) >= 11 is 0. The van der Waals surface area contributed by atoms with Crippen LogP contribution in [0.1, 0.15) is 48.6 Å². The van der Waals surface area contributed by atoms with Crippen LogP contribution in [0, 0.1) is 19.8 Å². The Morgan fingerprint density at radius 1 is 1.10 bits per heavy atom. The molecule has 0 unspecified atom stereocenters. The summed E-state index contributed by atoms with van der Waals surface area (Å²) in [5, 5.41) is 7.30. The van der Waals surface area contributed by atoms with Crippen LogP contribution in [-0.4, -0.2) is 44.2 Å². The van der Waals surface area contributed by atoms with Gasteiger partial charge in [0.05, 0.1) is 0 Å². The number of anilines is 1. The van der Waals surface area contributed by atoms with Gasteiger partial charge in [0, 0.05) is 37.7 Å². The maximum Gasteiger partial charge on any atom is 0.346 e. The van der Waals surface area contributed by atoms with Crippen LogP contribution in [0.3, 0.4) is 0 Å². The molecule has 0 bridgehead atoms. The molecule has 8 heteroatoms. The highest BCUT2D eigenvalue weighted by atomic mass is 16.2. The number of amides is 2. The standard InChI is InChI=1S/C22H29N5O3/c1-14-4-7-18(12-15(14)2)23-19(28)13-27-22(30)25(3)20(24-27)16-8-10-26(11-9-16)21(29)17-5-6-17/h4,7,12,16-17H,5-6,8-11,13H2,1-3H3,(H,23,28). The van der Waals surface area contributed by atoms with Gasteiger partial charge in [-0.3, -0.25) is 14.2 Å². The van der Waals surface area contributed by atoms with E-state index in [9.17, 15) is 14.4 Å². The number of hydrogen-bond acceptors (Lipinski definition) is 4. The van der Waals surface area contributed by atoms with Gasteiger partial charge in [0.2, 0.25) is 11.8 Å². The molecule has 1 N–H and O–H groups in total. The van der Waals surface area contributed by atoms with Gasteiger partial charge in [-0.15, -0.1) is 0 Å². The average molecular weight is 412 g/mol. The first-order valence-electron chi connectivity index (χ1n) is 10.6. The number of aromatic nitrogens is 3. The quantitative estimate of drug-likeness (QED) is 0.814. The molecule has 1 aliphatic heterocycles. The van der Waals surface area contributed by atoms with Crippen molar-refractivity contribution in [2.45, 2.75) is 52.0 Å². The molecule has 0 spiro atoms. The molecule has 2 aliphatic rings. The molecule has 1 saturated carbocycles. The number of piperidine rings is 1. The highest BCUT2D eigenvalue weighted by Gasteiger charge is 2.36. The molecule has 1 aromatic carbocycles. The van der Waals surface area contributed by atoms with Gasteiger partial charge in [-0.05, 0) is 62.8 Å². The van der Waals surface area contributed by atoms with Crippen molar-refractivity contribution in [2.24, 2.45) is 13.0 Å². The number of benzene rings is 1. The minimum Gasteiger partial charge on any atom is -0.342 e. The Bertz CT molecular complexity index is 1030. The molecule has 2 fully saturated rings. The second-order valence-electron chi connectivity index (χ2n) is 8.58. The van der Waals surface area contributed by atoms with Crippen LogP contribution >= 0.6 is 0 Å². The lowest BCUT2D eigenvalue weighted by molar-refractivity contribution is -0.133. The van der Waals surface area contributed by atoms with Crippen molar-refractivity contribution in [3.8, 4) is 0 Å². The zero-order valence-corrected chi connectivity index (χ0v) is 17.9. The lowest BCUT2D eigenvalue weighted by Crippen LogP contribution is -2.39. The Kier molecular flexibility index (Phi) is 5.49. The summed E-state index contributed by atoms with van der Waals surface area (Å²) in [5.41, 5.74) is 2.66. The normalized spacial score (nSPS) is 17.2. The average Bonchev–Trinajstić information content (AvgIpc) is 3.54. The third-order valence-corrected chi connectivity index (χ3v) is 6.26. The number of rotatable bonds is 5. The SMILES string of the molecule is Cc1ccc(NC(=O)Cn2nc(C3CCN(C(=O)C4CC4)CC3)n(C)c2=O)cc1C. The zero-order valence-electron chi connectivity index (χ0n) is 17.9. The van der Waals surface area contributed by atoms with Gasteiger partial charge >= 0.3 is 5.69 Å². The van der Waals surface area contributed by atoms with Crippen LogP contribution in [0.25, 0.3) is 0 Å². The largest absolute Gasteiger partial charge is 0.346 e. The summed E-state index contributed by atoms with van der Waals surface area (Å²) < 4.78 is 2.76. The second-order valence-corrected chi connectivity index (χ2v) is 8.58. The van der Waals surface area contributed by atoms with Crippen molar-refractivity contribution >= 4 is 17.5 Å². The zero-order chi connectivity index (χ0) is 21.4. The van der Waals surface area contributed by atoms with Gasteiger partial charge < -0.3 is 10.2 Å². The first kappa shape index (κ1) is 20.4. The maximum absolute atomic E-state index is 12.6. The summed E-state index contributed by atoms with van der Waals surface area (Å²) in [6.45, 7) is 5.29. The lowest BCUT2D eigenvalue weighted by Gasteiger charge is -2.31. The Morgan fingerprint density at radius 3 is 2.43 bits per heavy atom. The van der Waals surface area contributed by atoms with E-state index >= 15 is 0 Å². The highest BCUT2D eigenvalue weighted by Crippen LogP contribution is 2.33. The number of hydrogen-bond donors (Lipinski definition) is 1. The van der Waals surface area contributed by atoms with Crippen LogP contribution in [0.5, 0.6) is 0 Å². The number of carbonyl (C=O) groups excluding carboxylic acids is 2. The summed E-state index contributed by atoms with van der Waals surface area (Å²) in [5.74, 6) is 1.04. The molecule has 0 atom stereocenters. The summed E-state index contributed by atoms with van der Waals surface area (Å²) in [6.07, 6.45) is 3.61. The number of nitrogens with zero attached hydrogens (tertiary/aromatic N) is 4. The third-order valence-electron chi connectivity index (χ3n) is 6.26. The van der Waals surface area contributed by atoms with Crippen LogP contribution in [-0.2, 0) is 23.2 Å². The van der Waals surface area contributed by atoms with Crippen LogP contribution < -0.4 is 11.0 Å². The molecule has 1 aromatic heterocycles. The minimum atomic E-state index is -0.295. The van der Waals surface area contributed by atoms with Gasteiger partial charge in [-0.25, -0.2) is 9.48 Å². The van der Waals surface area contributed by atoms with Crippen molar-refractivity contribution in [2.75, 3.05) is 18.4 Å². The third kappa shape index (κ3) is 4.17. The van der Waals surface area contributed by atoms with Crippen molar-refractivity contribution in [1.29, 1.82) is 0 Å². The van der Waals surface area contributed by atoms with E-state index in [0.717, 1.165) is 36.8 Å². The summed E-state index contributed by atoms with van der Waals surface area (Å²) in [6, 6.07) is 5.72. The molecular formula is C22H29N5O3. The topological polar surface area (TPSA) is 89.2 Å². The number of likely N-dealkylation sites (tertiary alicyclic amines) is 1. The molecule has 8 nitrogen and oxygen atoms in total. The van der Waals surface area contributed by atoms with E-state index in [1.807, 2.05) is 36.9 Å². The van der Waals surface area contributed by atoms with Gasteiger partial charge in [-0.1, -0.05) is 6.07 Å². The maximum atomic E-state index is 12.6. The van der Waals surface area contributed by atoms with Gasteiger partial charge in [0.1, 0.15) is 12.4 Å². The first-order valence-corrected chi connectivity index (χ1v) is 10.6. The summed E-state index contributed by atoms with van der Waals surface area (Å²) in [7, 11) is 1.70. The minimum absolute atomic E-state index is 0.120. The van der Waals surface area contributed by atoms with Crippen molar-refractivity contribution < 1.29 is 9.59 Å². The van der Waals surface area contributed by atoms with E-state index in [2.05, 4.69) is 10.4 Å². The monoisotopic (exact) mass is 411 g/mol. The molecule has 160 valence electrons. The van der Waals surface area contributed by atoms with Crippen molar-refractivity contribution in [3.05, 3.63) is 45.6 Å². The van der Waals surface area contributed by atoms with Crippen molar-refractivity contribution in [3.63, 3.8) is 0 Å². The first-order chi connectivity index (χ1) is 14.3. The number of carbonyl (C=O) groups is 2. The van der Waals surface area contributed by atoms with Gasteiger partial charge in [0.15, 0.2) is 0 Å². The lowest BCUT2D eigenvalue weighted by atomic mass is 9.95. The second kappa shape index (κ2) is 8.08. The predicted molar refractivity (Wildman–Crippen MR) is 113 cm³/mol. The Labute approximate surface area is 175 Å². The van der Waals surface area contributed by atoms with E-state index in [-0.39, 0.29) is 35.9 Å². The van der Waals surface area contributed by atoms with E-state index in [0.29, 0.717) is 24.6 Å². The molecule has 4 rings (SSSR count). The Morgan fingerprint density at radius 2 is 1.80 bits per heavy atom. The van der Waals surface area contributed by atoms with E-state index in [1.54, 1.807) is 7.05 Å². The molecule has 1 aliphatic carbocycles. The smallest absolute Gasteiger partial charge is 0.342 e. The van der Waals surface area contributed by atoms with E-state index < -0.39 is 0 Å². The summed E-state index contributed by atoms with van der Waals surface area (Å²) in [4.78, 5) is 39.2. The fourth-order valence-corrected chi connectivity index (χ4v) is 4.07. The van der Waals surface area contributed by atoms with Crippen LogP contribution in [0.2, 0.25) is 0 Å². The van der Waals surface area contributed by atoms with E-state index in [1.165, 1.54) is 9.25 Å². The van der Waals surface area contributed by atoms with Gasteiger partial charge in [-0.2, -0.15) is 5.10 Å². The fourth-order valence-electron chi connectivity index (χ4n) is 4.07. The molecule has 0 radical (unpaired) electrons. The fraction of sp³-hybridized carbons (Fsp3) is 0.545. The molecule has 2 heterocycles. The number of aryl methyl sites for hydroxylation is 2. The number of nitrogens with one attached hydrogen (secondary N) is 1. The Balaban J connectivity index is 1.40. The molecular weight excluding hydrogens is 382 g/mol. The highest BCUT2D eigenvalue weighted by molar-refractivity contribution is 5.90. The van der Waals surface area contributed by atoms with Gasteiger partial charge in [0.25, 0.3) is 0 Å². The molecule has 1 saturated heterocycles. The molecule has 2 aromatic rings. The molecule has 30 heavy (non-hydrogen) atoms. The molecule has 2 amide bonds. The van der Waals surface area contributed by atoms with Crippen LogP contribution in [0.15, 0.2) is 23.0 Å². The van der Waals surface area contributed by atoms with Crippen molar-refractivity contribution in [1.82, 2.24) is 19.2 Å². The van der Waals surface area contributed by atoms with E-state index in [4.69, 9.17) is 0 Å². The van der Waals surface area contributed by atoms with Crippen LogP contribution in [0.4, 0.5) is 5.69 Å². The Hall–Kier alpha value is -2.90.